The Kier molecular flexibility index (Phi) is 3.63. The summed E-state index contributed by atoms with van der Waals surface area (Å²) >= 11 is 0. The van der Waals surface area contributed by atoms with Gasteiger partial charge in [-0.2, -0.15) is 8.42 Å². The maximum atomic E-state index is 10.5. The molecule has 1 rings (SSSR count). The van der Waals surface area contributed by atoms with Crippen LogP contribution in [0.15, 0.2) is 23.4 Å². The highest BCUT2D eigenvalue weighted by Crippen LogP contribution is 2.07. The molecule has 0 aliphatic rings. The fourth-order valence-electron chi connectivity index (χ4n) is 0.668. The van der Waals surface area contributed by atoms with Crippen molar-refractivity contribution in [3.63, 3.8) is 0 Å². The molecule has 6 heteroatoms. The van der Waals surface area contributed by atoms with Crippen molar-refractivity contribution < 1.29 is 13.0 Å². The van der Waals surface area contributed by atoms with Crippen molar-refractivity contribution in [2.45, 2.75) is 11.8 Å². The van der Waals surface area contributed by atoms with E-state index >= 15 is 0 Å². The molecule has 0 radical (unpaired) electrons. The minimum Gasteiger partial charge on any atom is -0.282 e. The van der Waals surface area contributed by atoms with Gasteiger partial charge in [-0.15, -0.1) is 12.4 Å². The van der Waals surface area contributed by atoms with Gasteiger partial charge >= 0.3 is 0 Å². The molecule has 1 heterocycles. The zero-order valence-corrected chi connectivity index (χ0v) is 7.89. The van der Waals surface area contributed by atoms with Gasteiger partial charge in [0.1, 0.15) is 4.90 Å². The molecule has 0 unspecified atom stereocenters. The van der Waals surface area contributed by atoms with E-state index in [1.54, 1.807) is 6.92 Å². The molecule has 0 aliphatic carbocycles. The lowest BCUT2D eigenvalue weighted by molar-refractivity contribution is 0.482. The Morgan fingerprint density at radius 1 is 1.42 bits per heavy atom. The van der Waals surface area contributed by atoms with Crippen molar-refractivity contribution >= 4 is 22.5 Å². The van der Waals surface area contributed by atoms with Gasteiger partial charge in [-0.25, -0.2) is 0 Å². The number of aryl methyl sites for hydroxylation is 1. The molecule has 12 heavy (non-hydrogen) atoms. The highest BCUT2D eigenvalue weighted by atomic mass is 35.5. The number of hydrogen-bond donors (Lipinski definition) is 1. The molecule has 1 aromatic heterocycles. The summed E-state index contributed by atoms with van der Waals surface area (Å²) in [5.41, 5.74) is 0.695. The summed E-state index contributed by atoms with van der Waals surface area (Å²) in [6.07, 6.45) is 2.61. The Morgan fingerprint density at radius 2 is 2.00 bits per heavy atom. The van der Waals surface area contributed by atoms with E-state index in [0.717, 1.165) is 6.20 Å². The number of rotatable bonds is 1. The van der Waals surface area contributed by atoms with Crippen LogP contribution in [-0.4, -0.2) is 18.0 Å². The van der Waals surface area contributed by atoms with Crippen molar-refractivity contribution in [1.82, 2.24) is 4.98 Å². The Morgan fingerprint density at radius 3 is 2.33 bits per heavy atom. The molecule has 0 saturated heterocycles. The molecule has 0 amide bonds. The first-order valence-electron chi connectivity index (χ1n) is 2.89. The van der Waals surface area contributed by atoms with Crippen LogP contribution in [0, 0.1) is 6.92 Å². The molecule has 0 spiro atoms. The molecular weight excluding hydrogens is 202 g/mol. The third-order valence-corrected chi connectivity index (χ3v) is 1.97. The fraction of sp³-hybridized carbons (Fsp3) is 0.167. The maximum Gasteiger partial charge on any atom is 0.296 e. The van der Waals surface area contributed by atoms with Crippen LogP contribution in [0.4, 0.5) is 0 Å². The summed E-state index contributed by atoms with van der Waals surface area (Å²) in [6, 6.07) is 1.35. The van der Waals surface area contributed by atoms with E-state index < -0.39 is 10.1 Å². The van der Waals surface area contributed by atoms with E-state index in [0.29, 0.717) is 5.56 Å². The minimum atomic E-state index is -4.09. The second-order valence-corrected chi connectivity index (χ2v) is 3.59. The zero-order chi connectivity index (χ0) is 8.48. The van der Waals surface area contributed by atoms with E-state index in [1.165, 1.54) is 12.3 Å². The summed E-state index contributed by atoms with van der Waals surface area (Å²) < 4.78 is 29.5. The summed E-state index contributed by atoms with van der Waals surface area (Å²) in [6.45, 7) is 1.70. The molecular formula is C6H8ClNO3S. The Hall–Kier alpha value is -0.650. The summed E-state index contributed by atoms with van der Waals surface area (Å²) in [4.78, 5) is 3.44. The van der Waals surface area contributed by atoms with E-state index in [1.807, 2.05) is 0 Å². The quantitative estimate of drug-likeness (QED) is 0.703. The Labute approximate surface area is 76.8 Å². The van der Waals surface area contributed by atoms with Gasteiger partial charge in [0.15, 0.2) is 0 Å². The zero-order valence-electron chi connectivity index (χ0n) is 6.26. The number of halogens is 1. The minimum absolute atomic E-state index is 0. The highest BCUT2D eigenvalue weighted by molar-refractivity contribution is 7.85. The SMILES string of the molecule is Cc1cncc(S(=O)(=O)O)c1.Cl. The average Bonchev–Trinajstić information content (AvgIpc) is 1.86. The predicted molar refractivity (Wildman–Crippen MR) is 46.0 cm³/mol. The maximum absolute atomic E-state index is 10.5. The van der Waals surface area contributed by atoms with Crippen LogP contribution in [0.3, 0.4) is 0 Å². The second-order valence-electron chi connectivity index (χ2n) is 2.17. The first kappa shape index (κ1) is 11.4. The number of pyridine rings is 1. The van der Waals surface area contributed by atoms with Gasteiger partial charge in [0, 0.05) is 12.4 Å². The molecule has 0 aromatic carbocycles. The first-order valence-corrected chi connectivity index (χ1v) is 4.33. The second kappa shape index (κ2) is 3.84. The third kappa shape index (κ3) is 2.77. The van der Waals surface area contributed by atoms with Crippen molar-refractivity contribution in [2.75, 3.05) is 0 Å². The molecule has 1 aromatic rings. The molecule has 0 fully saturated rings. The van der Waals surface area contributed by atoms with Crippen LogP contribution in [-0.2, 0) is 10.1 Å². The molecule has 0 bridgehead atoms. The standard InChI is InChI=1S/C6H7NO3S.ClH/c1-5-2-6(4-7-3-5)11(8,9)10;/h2-4H,1H3,(H,8,9,10);1H. The first-order chi connectivity index (χ1) is 5.00. The van der Waals surface area contributed by atoms with Gasteiger partial charge in [-0.3, -0.25) is 9.54 Å². The molecule has 4 nitrogen and oxygen atoms in total. The molecule has 1 N–H and O–H groups in total. The van der Waals surface area contributed by atoms with Crippen molar-refractivity contribution in [3.8, 4) is 0 Å². The van der Waals surface area contributed by atoms with Crippen LogP contribution in [0.2, 0.25) is 0 Å². The molecule has 68 valence electrons. The van der Waals surface area contributed by atoms with Crippen molar-refractivity contribution in [3.05, 3.63) is 24.0 Å². The molecule has 0 saturated carbocycles. The fourth-order valence-corrected chi connectivity index (χ4v) is 1.20. The molecule has 0 aliphatic heterocycles. The predicted octanol–water partition coefficient (Wildman–Crippen LogP) is 1.06. The smallest absolute Gasteiger partial charge is 0.282 e. The Balaban J connectivity index is 0.00000121. The van der Waals surface area contributed by atoms with Crippen molar-refractivity contribution in [2.24, 2.45) is 0 Å². The summed E-state index contributed by atoms with van der Waals surface area (Å²) in [5, 5.41) is 0. The third-order valence-electron chi connectivity index (χ3n) is 1.15. The van der Waals surface area contributed by atoms with E-state index in [4.69, 9.17) is 4.55 Å². The number of nitrogens with zero attached hydrogens (tertiary/aromatic N) is 1. The normalized spacial score (nSPS) is 10.5. The highest BCUT2D eigenvalue weighted by Gasteiger charge is 2.08. The van der Waals surface area contributed by atoms with Gasteiger partial charge < -0.3 is 0 Å². The van der Waals surface area contributed by atoms with Crippen LogP contribution < -0.4 is 0 Å². The van der Waals surface area contributed by atoms with Crippen molar-refractivity contribution in [1.29, 1.82) is 0 Å². The van der Waals surface area contributed by atoms with Gasteiger partial charge in [0.05, 0.1) is 0 Å². The van der Waals surface area contributed by atoms with Crippen LogP contribution in [0.5, 0.6) is 0 Å². The lowest BCUT2D eigenvalue weighted by Crippen LogP contribution is -1.98. The number of hydrogen-bond acceptors (Lipinski definition) is 3. The Bertz CT molecular complexity index is 363. The topological polar surface area (TPSA) is 67.3 Å². The largest absolute Gasteiger partial charge is 0.296 e. The summed E-state index contributed by atoms with van der Waals surface area (Å²) in [5.74, 6) is 0. The average molecular weight is 210 g/mol. The van der Waals surface area contributed by atoms with E-state index in [2.05, 4.69) is 4.98 Å². The van der Waals surface area contributed by atoms with E-state index in [9.17, 15) is 8.42 Å². The lowest BCUT2D eigenvalue weighted by atomic mass is 10.3. The van der Waals surface area contributed by atoms with Gasteiger partial charge in [-0.1, -0.05) is 0 Å². The van der Waals surface area contributed by atoms with Crippen LogP contribution in [0.1, 0.15) is 5.56 Å². The van der Waals surface area contributed by atoms with Gasteiger partial charge in [0.2, 0.25) is 0 Å². The molecule has 0 atom stereocenters. The van der Waals surface area contributed by atoms with Gasteiger partial charge in [-0.05, 0) is 18.6 Å². The van der Waals surface area contributed by atoms with Gasteiger partial charge in [0.25, 0.3) is 10.1 Å². The van der Waals surface area contributed by atoms with Crippen LogP contribution in [0.25, 0.3) is 0 Å². The number of aromatic nitrogens is 1. The van der Waals surface area contributed by atoms with Crippen LogP contribution >= 0.6 is 12.4 Å². The lowest BCUT2D eigenvalue weighted by Gasteiger charge is -1.95. The van der Waals surface area contributed by atoms with E-state index in [-0.39, 0.29) is 17.3 Å². The monoisotopic (exact) mass is 209 g/mol. The summed E-state index contributed by atoms with van der Waals surface area (Å²) in [7, 11) is -4.09.